The van der Waals surface area contributed by atoms with Crippen molar-refractivity contribution in [1.29, 1.82) is 0 Å². The van der Waals surface area contributed by atoms with Crippen LogP contribution in [0.25, 0.3) is 11.1 Å². The summed E-state index contributed by atoms with van der Waals surface area (Å²) < 4.78 is 11.3. The first-order chi connectivity index (χ1) is 12.4. The molecule has 0 amide bonds. The minimum absolute atomic E-state index is 0.603. The Labute approximate surface area is 151 Å². The first kappa shape index (κ1) is 17.8. The second kappa shape index (κ2) is 9.47. The maximum atomic E-state index is 5.75. The van der Waals surface area contributed by atoms with Crippen molar-refractivity contribution in [3.8, 4) is 16.9 Å². The van der Waals surface area contributed by atoms with Gasteiger partial charge < -0.3 is 14.8 Å². The lowest BCUT2D eigenvalue weighted by molar-refractivity contribution is 0.0981. The van der Waals surface area contributed by atoms with Crippen molar-refractivity contribution < 1.29 is 9.47 Å². The lowest BCUT2D eigenvalue weighted by atomic mass is 10.0. The summed E-state index contributed by atoms with van der Waals surface area (Å²) in [6, 6.07) is 15.1. The molecule has 1 heterocycles. The standard InChI is InChI=1S/C22H29NO2/c1-2-3-14-24-15-16-25-21-11-9-18(10-12-21)20-8-7-19-6-4-5-13-23-22(19)17-20/h7-12,17,23H,2-6,13-16H2,1H3. The number of aryl methyl sites for hydroxylation is 1. The number of anilines is 1. The predicted molar refractivity (Wildman–Crippen MR) is 105 cm³/mol. The van der Waals surface area contributed by atoms with Crippen LogP contribution in [0.1, 0.15) is 38.2 Å². The van der Waals surface area contributed by atoms with E-state index < -0.39 is 0 Å². The van der Waals surface area contributed by atoms with E-state index in [-0.39, 0.29) is 0 Å². The van der Waals surface area contributed by atoms with E-state index in [1.165, 1.54) is 48.1 Å². The van der Waals surface area contributed by atoms with Crippen LogP contribution >= 0.6 is 0 Å². The van der Waals surface area contributed by atoms with E-state index in [0.29, 0.717) is 13.2 Å². The molecule has 0 radical (unpaired) electrons. The van der Waals surface area contributed by atoms with Gasteiger partial charge in [-0.3, -0.25) is 0 Å². The molecule has 134 valence electrons. The molecule has 0 saturated heterocycles. The maximum Gasteiger partial charge on any atom is 0.119 e. The van der Waals surface area contributed by atoms with Crippen LogP contribution in [0.5, 0.6) is 5.75 Å². The summed E-state index contributed by atoms with van der Waals surface area (Å²) >= 11 is 0. The normalized spacial score (nSPS) is 13.6. The van der Waals surface area contributed by atoms with Crippen molar-refractivity contribution in [1.82, 2.24) is 0 Å². The van der Waals surface area contributed by atoms with Gasteiger partial charge in [-0.05, 0) is 60.6 Å². The van der Waals surface area contributed by atoms with Gasteiger partial charge in [0.25, 0.3) is 0 Å². The molecule has 3 rings (SSSR count). The SMILES string of the molecule is CCCCOCCOc1ccc(-c2ccc3c(c2)NCCCC3)cc1. The summed E-state index contributed by atoms with van der Waals surface area (Å²) in [6.45, 7) is 5.32. The van der Waals surface area contributed by atoms with Crippen molar-refractivity contribution in [2.75, 3.05) is 31.7 Å². The molecule has 0 atom stereocenters. The fourth-order valence-electron chi connectivity index (χ4n) is 3.11. The number of nitrogens with one attached hydrogen (secondary N) is 1. The van der Waals surface area contributed by atoms with Crippen LogP contribution in [0.2, 0.25) is 0 Å². The Bertz CT molecular complexity index is 652. The number of ether oxygens (including phenoxy) is 2. The second-order valence-electron chi connectivity index (χ2n) is 6.59. The fraction of sp³-hybridized carbons (Fsp3) is 0.455. The highest BCUT2D eigenvalue weighted by Crippen LogP contribution is 2.29. The first-order valence-electron chi connectivity index (χ1n) is 9.54. The van der Waals surface area contributed by atoms with Crippen molar-refractivity contribution in [2.24, 2.45) is 0 Å². The lowest BCUT2D eigenvalue weighted by Crippen LogP contribution is -2.07. The van der Waals surface area contributed by atoms with Crippen molar-refractivity contribution in [3.05, 3.63) is 48.0 Å². The maximum absolute atomic E-state index is 5.75. The number of benzene rings is 2. The zero-order valence-corrected chi connectivity index (χ0v) is 15.2. The Balaban J connectivity index is 1.56. The fourth-order valence-corrected chi connectivity index (χ4v) is 3.11. The van der Waals surface area contributed by atoms with Gasteiger partial charge in [0.15, 0.2) is 0 Å². The van der Waals surface area contributed by atoms with Gasteiger partial charge in [-0.1, -0.05) is 37.6 Å². The highest BCUT2D eigenvalue weighted by atomic mass is 16.5. The molecular weight excluding hydrogens is 310 g/mol. The van der Waals surface area contributed by atoms with Gasteiger partial charge in [-0.15, -0.1) is 0 Å². The quantitative estimate of drug-likeness (QED) is 0.662. The van der Waals surface area contributed by atoms with Crippen molar-refractivity contribution in [2.45, 2.75) is 39.0 Å². The molecule has 25 heavy (non-hydrogen) atoms. The number of fused-ring (bicyclic) bond motifs is 1. The van der Waals surface area contributed by atoms with Crippen LogP contribution in [-0.4, -0.2) is 26.4 Å². The number of hydrogen-bond donors (Lipinski definition) is 1. The van der Waals surface area contributed by atoms with Gasteiger partial charge in [0.05, 0.1) is 6.61 Å². The van der Waals surface area contributed by atoms with E-state index in [1.807, 2.05) is 12.1 Å². The number of rotatable bonds is 8. The minimum Gasteiger partial charge on any atom is -0.491 e. The molecule has 3 nitrogen and oxygen atoms in total. The molecule has 3 heteroatoms. The molecule has 1 aliphatic rings. The van der Waals surface area contributed by atoms with E-state index in [0.717, 1.165) is 25.3 Å². The summed E-state index contributed by atoms with van der Waals surface area (Å²) in [6.07, 6.45) is 5.98. The summed E-state index contributed by atoms with van der Waals surface area (Å²) in [5.74, 6) is 0.899. The monoisotopic (exact) mass is 339 g/mol. The average Bonchev–Trinajstić information content (AvgIpc) is 2.90. The Morgan fingerprint density at radius 3 is 2.60 bits per heavy atom. The number of unbranched alkanes of at least 4 members (excludes halogenated alkanes) is 1. The van der Waals surface area contributed by atoms with Crippen molar-refractivity contribution in [3.63, 3.8) is 0 Å². The molecular formula is C22H29NO2. The summed E-state index contributed by atoms with van der Waals surface area (Å²) in [5.41, 5.74) is 5.20. The third-order valence-electron chi connectivity index (χ3n) is 4.62. The molecule has 0 spiro atoms. The van der Waals surface area contributed by atoms with Crippen LogP contribution in [0.4, 0.5) is 5.69 Å². The molecule has 2 aromatic rings. The van der Waals surface area contributed by atoms with E-state index in [9.17, 15) is 0 Å². The molecule has 1 N–H and O–H groups in total. The zero-order valence-electron chi connectivity index (χ0n) is 15.2. The molecule has 0 aliphatic carbocycles. The molecule has 0 fully saturated rings. The number of hydrogen-bond acceptors (Lipinski definition) is 3. The van der Waals surface area contributed by atoms with Crippen LogP contribution in [0.15, 0.2) is 42.5 Å². The Hall–Kier alpha value is -2.00. The van der Waals surface area contributed by atoms with Gasteiger partial charge in [-0.2, -0.15) is 0 Å². The molecule has 0 bridgehead atoms. The summed E-state index contributed by atoms with van der Waals surface area (Å²) in [7, 11) is 0. The third-order valence-corrected chi connectivity index (χ3v) is 4.62. The topological polar surface area (TPSA) is 30.5 Å². The van der Waals surface area contributed by atoms with Gasteiger partial charge in [0, 0.05) is 18.8 Å². The predicted octanol–water partition coefficient (Wildman–Crippen LogP) is 5.30. The molecule has 1 aliphatic heterocycles. The largest absolute Gasteiger partial charge is 0.491 e. The summed E-state index contributed by atoms with van der Waals surface area (Å²) in [5, 5.41) is 3.56. The molecule has 0 aromatic heterocycles. The summed E-state index contributed by atoms with van der Waals surface area (Å²) in [4.78, 5) is 0. The van der Waals surface area contributed by atoms with E-state index in [2.05, 4.69) is 42.6 Å². The first-order valence-corrected chi connectivity index (χ1v) is 9.54. The average molecular weight is 339 g/mol. The van der Waals surface area contributed by atoms with Crippen LogP contribution in [0, 0.1) is 0 Å². The van der Waals surface area contributed by atoms with Crippen LogP contribution in [-0.2, 0) is 11.2 Å². The highest BCUT2D eigenvalue weighted by Gasteiger charge is 2.08. The zero-order chi connectivity index (χ0) is 17.3. The van der Waals surface area contributed by atoms with E-state index in [1.54, 1.807) is 0 Å². The van der Waals surface area contributed by atoms with Gasteiger partial charge in [0.2, 0.25) is 0 Å². The van der Waals surface area contributed by atoms with Crippen LogP contribution in [0.3, 0.4) is 0 Å². The van der Waals surface area contributed by atoms with E-state index >= 15 is 0 Å². The Morgan fingerprint density at radius 1 is 0.920 bits per heavy atom. The van der Waals surface area contributed by atoms with Crippen LogP contribution < -0.4 is 10.1 Å². The van der Waals surface area contributed by atoms with Crippen molar-refractivity contribution >= 4 is 5.69 Å². The van der Waals surface area contributed by atoms with E-state index in [4.69, 9.17) is 9.47 Å². The third kappa shape index (κ3) is 5.23. The molecule has 0 unspecified atom stereocenters. The lowest BCUT2D eigenvalue weighted by Gasteiger charge is -2.11. The Kier molecular flexibility index (Phi) is 6.75. The Morgan fingerprint density at radius 2 is 1.76 bits per heavy atom. The minimum atomic E-state index is 0.603. The second-order valence-corrected chi connectivity index (χ2v) is 6.59. The smallest absolute Gasteiger partial charge is 0.119 e. The van der Waals surface area contributed by atoms with Gasteiger partial charge >= 0.3 is 0 Å². The van der Waals surface area contributed by atoms with Gasteiger partial charge in [0.1, 0.15) is 12.4 Å². The molecule has 0 saturated carbocycles. The highest BCUT2D eigenvalue weighted by molar-refractivity contribution is 5.70. The van der Waals surface area contributed by atoms with Gasteiger partial charge in [-0.25, -0.2) is 0 Å². The molecule has 2 aromatic carbocycles.